The topological polar surface area (TPSA) is 41.1 Å². The fourth-order valence-electron chi connectivity index (χ4n) is 1.29. The van der Waals surface area contributed by atoms with Crippen LogP contribution < -0.4 is 10.6 Å². The Morgan fingerprint density at radius 1 is 1.33 bits per heavy atom. The second-order valence-electron chi connectivity index (χ2n) is 3.99. The number of benzene rings is 1. The molecule has 1 aromatic rings. The van der Waals surface area contributed by atoms with Crippen LogP contribution >= 0.6 is 12.2 Å². The summed E-state index contributed by atoms with van der Waals surface area (Å²) in [5, 5.41) is 5.90. The van der Waals surface area contributed by atoms with Crippen molar-refractivity contribution in [3.05, 3.63) is 41.5 Å². The molecule has 0 bridgehead atoms. The lowest BCUT2D eigenvalue weighted by Gasteiger charge is -2.05. The SMILES string of the molecule is CCCNC(=S)NC(=O)C=Cc1ccc(C)cc1. The van der Waals surface area contributed by atoms with Crippen LogP contribution in [0.2, 0.25) is 0 Å². The molecule has 0 atom stereocenters. The molecule has 0 fully saturated rings. The van der Waals surface area contributed by atoms with Crippen LogP contribution in [0.15, 0.2) is 30.3 Å². The average molecular weight is 262 g/mol. The summed E-state index contributed by atoms with van der Waals surface area (Å²) < 4.78 is 0. The molecule has 1 amide bonds. The molecule has 0 spiro atoms. The molecule has 0 aliphatic carbocycles. The lowest BCUT2D eigenvalue weighted by atomic mass is 10.1. The number of hydrogen-bond acceptors (Lipinski definition) is 2. The van der Waals surface area contributed by atoms with E-state index in [1.54, 1.807) is 6.08 Å². The van der Waals surface area contributed by atoms with Gasteiger partial charge in [0.25, 0.3) is 0 Å². The maximum atomic E-state index is 11.5. The zero-order chi connectivity index (χ0) is 13.4. The third kappa shape index (κ3) is 5.59. The van der Waals surface area contributed by atoms with Gasteiger partial charge >= 0.3 is 0 Å². The van der Waals surface area contributed by atoms with Crippen LogP contribution in [-0.2, 0) is 4.79 Å². The molecule has 2 N–H and O–H groups in total. The van der Waals surface area contributed by atoms with Gasteiger partial charge in [0.1, 0.15) is 0 Å². The van der Waals surface area contributed by atoms with E-state index in [-0.39, 0.29) is 5.91 Å². The Morgan fingerprint density at radius 3 is 2.61 bits per heavy atom. The van der Waals surface area contributed by atoms with Crippen molar-refractivity contribution in [2.24, 2.45) is 0 Å². The minimum Gasteiger partial charge on any atom is -0.362 e. The van der Waals surface area contributed by atoms with Gasteiger partial charge in [0, 0.05) is 12.6 Å². The van der Waals surface area contributed by atoms with Gasteiger partial charge in [-0.2, -0.15) is 0 Å². The number of amides is 1. The van der Waals surface area contributed by atoms with Crippen molar-refractivity contribution in [1.82, 2.24) is 10.6 Å². The number of carbonyl (C=O) groups is 1. The maximum absolute atomic E-state index is 11.5. The standard InChI is InChI=1S/C14H18N2OS/c1-3-10-15-14(18)16-13(17)9-8-12-6-4-11(2)5-7-12/h4-9H,3,10H2,1-2H3,(H2,15,16,17,18). The Kier molecular flexibility index (Phi) is 6.08. The Morgan fingerprint density at radius 2 is 2.00 bits per heavy atom. The molecule has 0 saturated heterocycles. The van der Waals surface area contributed by atoms with E-state index in [0.29, 0.717) is 5.11 Å². The highest BCUT2D eigenvalue weighted by atomic mass is 32.1. The summed E-state index contributed by atoms with van der Waals surface area (Å²) in [6.45, 7) is 4.83. The molecule has 0 unspecified atom stereocenters. The summed E-state index contributed by atoms with van der Waals surface area (Å²) in [6.07, 6.45) is 4.21. The highest BCUT2D eigenvalue weighted by Gasteiger charge is 1.98. The molecular weight excluding hydrogens is 244 g/mol. The quantitative estimate of drug-likeness (QED) is 0.647. The van der Waals surface area contributed by atoms with Gasteiger partial charge < -0.3 is 5.32 Å². The molecule has 4 heteroatoms. The third-order valence-corrected chi connectivity index (χ3v) is 2.52. The highest BCUT2D eigenvalue weighted by Crippen LogP contribution is 2.04. The van der Waals surface area contributed by atoms with Crippen LogP contribution in [0.1, 0.15) is 24.5 Å². The van der Waals surface area contributed by atoms with E-state index in [1.807, 2.05) is 38.1 Å². The lowest BCUT2D eigenvalue weighted by Crippen LogP contribution is -2.38. The predicted molar refractivity (Wildman–Crippen MR) is 79.2 cm³/mol. The van der Waals surface area contributed by atoms with Gasteiger partial charge in [0.05, 0.1) is 0 Å². The van der Waals surface area contributed by atoms with Crippen LogP contribution in [0.5, 0.6) is 0 Å². The van der Waals surface area contributed by atoms with E-state index >= 15 is 0 Å². The number of carbonyl (C=O) groups excluding carboxylic acids is 1. The number of nitrogens with one attached hydrogen (secondary N) is 2. The molecule has 0 aromatic heterocycles. The van der Waals surface area contributed by atoms with Crippen LogP contribution in [0.3, 0.4) is 0 Å². The molecule has 3 nitrogen and oxygen atoms in total. The van der Waals surface area contributed by atoms with Crippen molar-refractivity contribution >= 4 is 29.3 Å². The minimum atomic E-state index is -0.218. The summed E-state index contributed by atoms with van der Waals surface area (Å²) in [4.78, 5) is 11.5. The Bertz CT molecular complexity index is 438. The van der Waals surface area contributed by atoms with Crippen LogP contribution in [0, 0.1) is 6.92 Å². The summed E-state index contributed by atoms with van der Waals surface area (Å²) >= 11 is 4.97. The fraction of sp³-hybridized carbons (Fsp3) is 0.286. The second kappa shape index (κ2) is 7.61. The third-order valence-electron chi connectivity index (χ3n) is 2.28. The van der Waals surface area contributed by atoms with Gasteiger partial charge in [0.15, 0.2) is 5.11 Å². The van der Waals surface area contributed by atoms with Crippen molar-refractivity contribution in [3.8, 4) is 0 Å². The Balaban J connectivity index is 2.44. The molecule has 0 saturated carbocycles. The van der Waals surface area contributed by atoms with Crippen LogP contribution in [-0.4, -0.2) is 17.6 Å². The highest BCUT2D eigenvalue weighted by molar-refractivity contribution is 7.80. The molecule has 0 aliphatic rings. The normalized spacial score (nSPS) is 10.3. The first kappa shape index (κ1) is 14.4. The number of hydrogen-bond donors (Lipinski definition) is 2. The first-order chi connectivity index (χ1) is 8.61. The smallest absolute Gasteiger partial charge is 0.250 e. The van der Waals surface area contributed by atoms with Crippen molar-refractivity contribution < 1.29 is 4.79 Å². The number of thiocarbonyl (C=S) groups is 1. The minimum absolute atomic E-state index is 0.218. The summed E-state index contributed by atoms with van der Waals surface area (Å²) in [5.41, 5.74) is 2.18. The second-order valence-corrected chi connectivity index (χ2v) is 4.40. The van der Waals surface area contributed by atoms with Gasteiger partial charge in [-0.05, 0) is 37.2 Å². The van der Waals surface area contributed by atoms with E-state index in [2.05, 4.69) is 10.6 Å². The molecule has 1 aromatic carbocycles. The average Bonchev–Trinajstić information content (AvgIpc) is 2.35. The molecule has 0 heterocycles. The first-order valence-corrected chi connectivity index (χ1v) is 6.36. The summed E-state index contributed by atoms with van der Waals surface area (Å²) in [6, 6.07) is 7.94. The Labute approximate surface area is 113 Å². The van der Waals surface area contributed by atoms with Crippen LogP contribution in [0.25, 0.3) is 6.08 Å². The van der Waals surface area contributed by atoms with Crippen molar-refractivity contribution in [1.29, 1.82) is 0 Å². The molecule has 1 rings (SSSR count). The fourth-order valence-corrected chi connectivity index (χ4v) is 1.49. The monoisotopic (exact) mass is 262 g/mol. The van der Waals surface area contributed by atoms with E-state index in [4.69, 9.17) is 12.2 Å². The summed E-state index contributed by atoms with van der Waals surface area (Å²) in [7, 11) is 0. The van der Waals surface area contributed by atoms with Gasteiger partial charge in [-0.15, -0.1) is 0 Å². The molecule has 18 heavy (non-hydrogen) atoms. The van der Waals surface area contributed by atoms with E-state index < -0.39 is 0 Å². The molecule has 96 valence electrons. The van der Waals surface area contributed by atoms with E-state index in [9.17, 15) is 4.79 Å². The van der Waals surface area contributed by atoms with Crippen molar-refractivity contribution in [2.45, 2.75) is 20.3 Å². The van der Waals surface area contributed by atoms with Crippen LogP contribution in [0.4, 0.5) is 0 Å². The zero-order valence-corrected chi connectivity index (χ0v) is 11.5. The number of aryl methyl sites for hydroxylation is 1. The summed E-state index contributed by atoms with van der Waals surface area (Å²) in [5.74, 6) is -0.218. The molecule has 0 aliphatic heterocycles. The number of rotatable bonds is 4. The van der Waals surface area contributed by atoms with Gasteiger partial charge in [-0.1, -0.05) is 36.8 Å². The largest absolute Gasteiger partial charge is 0.362 e. The van der Waals surface area contributed by atoms with E-state index in [1.165, 1.54) is 11.6 Å². The molecule has 0 radical (unpaired) electrons. The molecular formula is C14H18N2OS. The predicted octanol–water partition coefficient (Wildman–Crippen LogP) is 2.41. The maximum Gasteiger partial charge on any atom is 0.250 e. The van der Waals surface area contributed by atoms with Gasteiger partial charge in [-0.3, -0.25) is 10.1 Å². The lowest BCUT2D eigenvalue weighted by molar-refractivity contribution is -0.115. The zero-order valence-electron chi connectivity index (χ0n) is 10.7. The van der Waals surface area contributed by atoms with Crippen molar-refractivity contribution in [2.75, 3.05) is 6.54 Å². The van der Waals surface area contributed by atoms with E-state index in [0.717, 1.165) is 18.5 Å². The van der Waals surface area contributed by atoms with Gasteiger partial charge in [0.2, 0.25) is 5.91 Å². The van der Waals surface area contributed by atoms with Gasteiger partial charge in [-0.25, -0.2) is 0 Å². The first-order valence-electron chi connectivity index (χ1n) is 5.95. The van der Waals surface area contributed by atoms with Crippen molar-refractivity contribution in [3.63, 3.8) is 0 Å². The Hall–Kier alpha value is -1.68.